The number of aliphatic carboxylic acids is 1. The number of hydrogen-bond donors (Lipinski definition) is 5. The molecule has 0 saturated heterocycles. The Bertz CT molecular complexity index is 1780. The quantitative estimate of drug-likeness (QED) is 0.0793. The smallest absolute Gasteiger partial charge is 0.335 e. The minimum Gasteiger partial charge on any atom is -0.481 e. The largest absolute Gasteiger partial charge is 0.481 e. The molecule has 0 aliphatic heterocycles. The van der Waals surface area contributed by atoms with Crippen molar-refractivity contribution in [3.8, 4) is 5.75 Å². The van der Waals surface area contributed by atoms with Gasteiger partial charge >= 0.3 is 17.9 Å². The van der Waals surface area contributed by atoms with Gasteiger partial charge in [-0.3, -0.25) is 32.3 Å². The molecule has 0 aromatic heterocycles. The van der Waals surface area contributed by atoms with E-state index in [1.807, 2.05) is 45.9 Å². The number of carbonyl (C=O) groups excluding carboxylic acids is 4. The standard InChI is InChI=1S/C19H21NO4.C11H20O4.C10H16N2O6S2/c1-4-16(24-17-9-8-12(2)10-13(17)3)18(21)20-15-7-5-6-14(11-15)19(22)23;1-6-11(4,8(12)13)7-10(2,3)9(14)15-5;1-3-19(15)17-7-9(13)11-5-6-12-10(14)8-18-20(16)4-2/h5-11,16H,4H2,1-3H3,(H,20,21)(H,22,23);6-7H2,1-5H3,(H,12,13);3-4H,1-2,5-8H2,(H,11,13)(H,12,14). The fourth-order valence-electron chi connectivity index (χ4n) is 4.86. The zero-order valence-electron chi connectivity index (χ0n) is 34.7. The number of carbonyl (C=O) groups is 6. The molecule has 0 fully saturated rings. The molecule has 19 heteroatoms. The molecule has 59 heavy (non-hydrogen) atoms. The fraction of sp³-hybridized carbons (Fsp3) is 0.450. The van der Waals surface area contributed by atoms with Crippen molar-refractivity contribution in [1.29, 1.82) is 0 Å². The van der Waals surface area contributed by atoms with Gasteiger partial charge in [0, 0.05) is 29.6 Å². The molecule has 0 bridgehead atoms. The van der Waals surface area contributed by atoms with Gasteiger partial charge < -0.3 is 35.6 Å². The molecule has 0 aliphatic carbocycles. The highest BCUT2D eigenvalue weighted by atomic mass is 32.2. The average Bonchev–Trinajstić information content (AvgIpc) is 3.20. The molecule has 2 rings (SSSR count). The van der Waals surface area contributed by atoms with Crippen LogP contribution in [0.25, 0.3) is 0 Å². The van der Waals surface area contributed by atoms with Gasteiger partial charge in [0.1, 0.15) is 19.0 Å². The summed E-state index contributed by atoms with van der Waals surface area (Å²) in [5, 5.41) is 27.8. The van der Waals surface area contributed by atoms with Crippen LogP contribution in [0.5, 0.6) is 5.75 Å². The van der Waals surface area contributed by atoms with Gasteiger partial charge in [0.15, 0.2) is 28.3 Å². The third-order valence-corrected chi connectivity index (χ3v) is 9.41. The van der Waals surface area contributed by atoms with E-state index >= 15 is 0 Å². The van der Waals surface area contributed by atoms with Gasteiger partial charge in [0.2, 0.25) is 11.8 Å². The monoisotopic (exact) mass is 867 g/mol. The van der Waals surface area contributed by atoms with Crippen LogP contribution in [0.2, 0.25) is 0 Å². The molecule has 4 atom stereocenters. The first-order valence-corrected chi connectivity index (χ1v) is 20.4. The Balaban J connectivity index is 0.000000881. The molecule has 2 aromatic carbocycles. The molecular weight excluding hydrogens is 811 g/mol. The van der Waals surface area contributed by atoms with Crippen molar-refractivity contribution >= 4 is 63.5 Å². The first-order chi connectivity index (χ1) is 27.6. The fourth-order valence-corrected chi connectivity index (χ4v) is 5.50. The van der Waals surface area contributed by atoms with Gasteiger partial charge in [0.05, 0.1) is 23.5 Å². The summed E-state index contributed by atoms with van der Waals surface area (Å²) < 4.78 is 41.2. The Morgan fingerprint density at radius 2 is 1.39 bits per heavy atom. The first-order valence-electron chi connectivity index (χ1n) is 18.2. The van der Waals surface area contributed by atoms with E-state index in [2.05, 4.69) is 42.2 Å². The highest BCUT2D eigenvalue weighted by Gasteiger charge is 2.41. The van der Waals surface area contributed by atoms with Crippen LogP contribution >= 0.6 is 0 Å². The van der Waals surface area contributed by atoms with Crippen molar-refractivity contribution in [2.45, 2.75) is 73.8 Å². The van der Waals surface area contributed by atoms with Crippen LogP contribution in [-0.4, -0.2) is 93.8 Å². The lowest BCUT2D eigenvalue weighted by atomic mass is 9.72. The van der Waals surface area contributed by atoms with Crippen molar-refractivity contribution in [2.75, 3.05) is 38.7 Å². The van der Waals surface area contributed by atoms with Crippen molar-refractivity contribution in [3.05, 3.63) is 83.1 Å². The number of benzene rings is 2. The normalized spacial score (nSPS) is 13.1. The third-order valence-electron chi connectivity index (χ3n) is 8.16. The molecule has 0 aliphatic rings. The maximum atomic E-state index is 12.4. The van der Waals surface area contributed by atoms with Gasteiger partial charge in [-0.1, -0.05) is 50.8 Å². The first kappa shape index (κ1) is 53.8. The number of anilines is 1. The van der Waals surface area contributed by atoms with Crippen LogP contribution in [-0.2, 0) is 59.2 Å². The number of ether oxygens (including phenoxy) is 2. The maximum absolute atomic E-state index is 12.4. The number of amides is 3. The lowest BCUT2D eigenvalue weighted by Crippen LogP contribution is -2.37. The van der Waals surface area contributed by atoms with Crippen LogP contribution in [0.4, 0.5) is 5.69 Å². The molecule has 2 aromatic rings. The van der Waals surface area contributed by atoms with Crippen LogP contribution < -0.4 is 20.7 Å². The van der Waals surface area contributed by atoms with E-state index in [0.717, 1.165) is 21.9 Å². The van der Waals surface area contributed by atoms with Crippen LogP contribution in [0.1, 0.15) is 75.4 Å². The molecule has 0 heterocycles. The average molecular weight is 868 g/mol. The molecule has 4 unspecified atom stereocenters. The SMILES string of the molecule is C=CS(=O)OCC(=O)NCCNC(=O)COS(=O)C=C.CCC(C)(CC(C)(C)C(=O)OC)C(=O)O.CCC(Oc1ccc(C)cc1C)C(=O)Nc1cccc(C(=O)O)c1. The van der Waals surface area contributed by atoms with E-state index in [0.29, 0.717) is 24.3 Å². The second-order valence-electron chi connectivity index (χ2n) is 13.5. The number of nitrogens with one attached hydrogen (secondary N) is 3. The van der Waals surface area contributed by atoms with Crippen molar-refractivity contribution in [1.82, 2.24) is 10.6 Å². The third kappa shape index (κ3) is 21.4. The van der Waals surface area contributed by atoms with Crippen LogP contribution in [0.15, 0.2) is 66.4 Å². The van der Waals surface area contributed by atoms with E-state index in [-0.39, 0.29) is 50.2 Å². The summed E-state index contributed by atoms with van der Waals surface area (Å²) in [7, 11) is 1.31. The predicted octanol–water partition coefficient (Wildman–Crippen LogP) is 4.74. The highest BCUT2D eigenvalue weighted by Crippen LogP contribution is 2.37. The lowest BCUT2D eigenvalue weighted by Gasteiger charge is -2.31. The number of rotatable bonds is 22. The van der Waals surface area contributed by atoms with Gasteiger partial charge in [-0.05, 0) is 83.7 Å². The van der Waals surface area contributed by atoms with E-state index in [9.17, 15) is 37.2 Å². The van der Waals surface area contributed by atoms with Gasteiger partial charge in [0.25, 0.3) is 5.91 Å². The Morgan fingerprint density at radius 3 is 1.81 bits per heavy atom. The van der Waals surface area contributed by atoms with E-state index in [4.69, 9.17) is 14.9 Å². The zero-order valence-corrected chi connectivity index (χ0v) is 36.4. The molecular formula is C40H57N3O14S2. The Kier molecular flexibility index (Phi) is 25.0. The number of esters is 1. The number of carboxylic acids is 2. The molecule has 5 N–H and O–H groups in total. The summed E-state index contributed by atoms with van der Waals surface area (Å²) in [6.45, 7) is 18.7. The summed E-state index contributed by atoms with van der Waals surface area (Å²) >= 11 is -3.38. The second kappa shape index (κ2) is 27.4. The van der Waals surface area contributed by atoms with Crippen molar-refractivity contribution in [3.63, 3.8) is 0 Å². The van der Waals surface area contributed by atoms with Crippen LogP contribution in [0, 0.1) is 24.7 Å². The minimum atomic E-state index is -1.69. The topological polar surface area (TPSA) is 250 Å². The van der Waals surface area contributed by atoms with Gasteiger partial charge in [-0.15, -0.1) is 0 Å². The van der Waals surface area contributed by atoms with E-state index in [1.165, 1.54) is 19.2 Å². The van der Waals surface area contributed by atoms with Crippen LogP contribution in [0.3, 0.4) is 0 Å². The summed E-state index contributed by atoms with van der Waals surface area (Å²) in [4.78, 5) is 68.3. The van der Waals surface area contributed by atoms with E-state index < -0.39 is 62.8 Å². The molecule has 17 nitrogen and oxygen atoms in total. The predicted molar refractivity (Wildman–Crippen MR) is 224 cm³/mol. The molecule has 0 radical (unpaired) electrons. The summed E-state index contributed by atoms with van der Waals surface area (Å²) in [6.07, 6.45) is 0.610. The highest BCUT2D eigenvalue weighted by molar-refractivity contribution is 7.83. The maximum Gasteiger partial charge on any atom is 0.335 e. The minimum absolute atomic E-state index is 0.121. The Morgan fingerprint density at radius 1 is 0.847 bits per heavy atom. The van der Waals surface area contributed by atoms with Crippen molar-refractivity contribution < 1.29 is 65.2 Å². The number of aryl methyl sites for hydroxylation is 2. The van der Waals surface area contributed by atoms with Gasteiger partial charge in [-0.2, -0.15) is 0 Å². The molecule has 3 amide bonds. The number of methoxy groups -OCH3 is 1. The molecule has 0 spiro atoms. The van der Waals surface area contributed by atoms with E-state index in [1.54, 1.807) is 32.9 Å². The van der Waals surface area contributed by atoms with Gasteiger partial charge in [-0.25, -0.2) is 13.2 Å². The zero-order chi connectivity index (χ0) is 45.3. The number of carboxylic acid groups (broad SMARTS) is 2. The Labute approximate surface area is 350 Å². The molecule has 0 saturated carbocycles. The summed E-state index contributed by atoms with van der Waals surface area (Å²) in [6, 6.07) is 11.9. The number of aromatic carboxylic acids is 1. The van der Waals surface area contributed by atoms with Crippen molar-refractivity contribution in [2.24, 2.45) is 10.8 Å². The summed E-state index contributed by atoms with van der Waals surface area (Å²) in [5.41, 5.74) is 1.01. The number of hydrogen-bond acceptors (Lipinski definition) is 12. The lowest BCUT2D eigenvalue weighted by molar-refractivity contribution is -0.157. The second-order valence-corrected chi connectivity index (χ2v) is 15.7. The molecule has 328 valence electrons. The summed E-state index contributed by atoms with van der Waals surface area (Å²) in [5.74, 6) is -2.87. The Hall–Kier alpha value is -5.24.